The molecule has 0 heterocycles. The van der Waals surface area contributed by atoms with Gasteiger partial charge in [-0.3, -0.25) is 0 Å². The summed E-state index contributed by atoms with van der Waals surface area (Å²) in [5.41, 5.74) is -0.684. The van der Waals surface area contributed by atoms with Crippen molar-refractivity contribution in [3.63, 3.8) is 0 Å². The Hall–Kier alpha value is -0.710. The maximum Gasteiger partial charge on any atom is 0.416 e. The van der Waals surface area contributed by atoms with Gasteiger partial charge in [0.05, 0.1) is 16.6 Å². The van der Waals surface area contributed by atoms with E-state index in [0.29, 0.717) is 22.7 Å². The molecule has 0 N–H and O–H groups in total. The van der Waals surface area contributed by atoms with Crippen LogP contribution in [0.3, 0.4) is 0 Å². The third-order valence-corrected chi connectivity index (χ3v) is 2.45. The SMILES string of the molecule is CC(C)COc1ccc(C(F)(F)F)cc1Br. The minimum Gasteiger partial charge on any atom is -0.492 e. The summed E-state index contributed by atoms with van der Waals surface area (Å²) in [6, 6.07) is 3.37. The first-order chi connectivity index (χ1) is 7.30. The summed E-state index contributed by atoms with van der Waals surface area (Å²) in [6.07, 6.45) is -4.32. The zero-order chi connectivity index (χ0) is 12.3. The summed E-state index contributed by atoms with van der Waals surface area (Å²) in [6.45, 7) is 4.42. The molecule has 0 bridgehead atoms. The van der Waals surface area contributed by atoms with Crippen LogP contribution in [0, 0.1) is 5.92 Å². The Labute approximate surface area is 101 Å². The zero-order valence-electron chi connectivity index (χ0n) is 8.94. The minimum atomic E-state index is -4.32. The number of hydrogen-bond donors (Lipinski definition) is 0. The second-order valence-electron chi connectivity index (χ2n) is 3.85. The lowest BCUT2D eigenvalue weighted by atomic mass is 10.2. The third kappa shape index (κ3) is 3.70. The molecular formula is C11H12BrF3O. The Morgan fingerprint density at radius 3 is 2.38 bits per heavy atom. The number of ether oxygens (including phenoxy) is 1. The Morgan fingerprint density at radius 2 is 1.94 bits per heavy atom. The molecule has 1 aromatic rings. The van der Waals surface area contributed by atoms with Gasteiger partial charge in [-0.25, -0.2) is 0 Å². The van der Waals surface area contributed by atoms with Gasteiger partial charge < -0.3 is 4.74 Å². The molecule has 0 radical (unpaired) electrons. The van der Waals surface area contributed by atoms with Crippen molar-refractivity contribution in [1.82, 2.24) is 0 Å². The number of benzene rings is 1. The second-order valence-corrected chi connectivity index (χ2v) is 4.70. The summed E-state index contributed by atoms with van der Waals surface area (Å²) in [5.74, 6) is 0.760. The molecule has 0 fully saturated rings. The molecule has 1 nitrogen and oxygen atoms in total. The highest BCUT2D eigenvalue weighted by atomic mass is 79.9. The molecule has 0 spiro atoms. The third-order valence-electron chi connectivity index (χ3n) is 1.83. The lowest BCUT2D eigenvalue weighted by Crippen LogP contribution is -2.07. The molecule has 0 saturated carbocycles. The van der Waals surface area contributed by atoms with Gasteiger partial charge in [0.1, 0.15) is 5.75 Å². The van der Waals surface area contributed by atoms with E-state index in [1.165, 1.54) is 6.07 Å². The first kappa shape index (κ1) is 13.4. The van der Waals surface area contributed by atoms with Crippen molar-refractivity contribution in [1.29, 1.82) is 0 Å². The molecule has 0 aliphatic carbocycles. The fourth-order valence-corrected chi connectivity index (χ4v) is 1.54. The Morgan fingerprint density at radius 1 is 1.31 bits per heavy atom. The zero-order valence-corrected chi connectivity index (χ0v) is 10.5. The van der Waals surface area contributed by atoms with Gasteiger partial charge in [0.2, 0.25) is 0 Å². The van der Waals surface area contributed by atoms with E-state index in [1.807, 2.05) is 13.8 Å². The van der Waals surface area contributed by atoms with E-state index in [2.05, 4.69) is 15.9 Å². The molecule has 0 aromatic heterocycles. The van der Waals surface area contributed by atoms with Crippen LogP contribution in [0.15, 0.2) is 22.7 Å². The molecule has 0 atom stereocenters. The summed E-state index contributed by atoms with van der Waals surface area (Å²) in [7, 11) is 0. The van der Waals surface area contributed by atoms with Gasteiger partial charge in [0.25, 0.3) is 0 Å². The van der Waals surface area contributed by atoms with Crippen LogP contribution in [0.2, 0.25) is 0 Å². The van der Waals surface area contributed by atoms with Crippen LogP contribution in [0.1, 0.15) is 19.4 Å². The van der Waals surface area contributed by atoms with Crippen molar-refractivity contribution in [3.8, 4) is 5.75 Å². The van der Waals surface area contributed by atoms with E-state index in [1.54, 1.807) is 0 Å². The van der Waals surface area contributed by atoms with E-state index in [0.717, 1.165) is 12.1 Å². The lowest BCUT2D eigenvalue weighted by molar-refractivity contribution is -0.137. The largest absolute Gasteiger partial charge is 0.492 e. The molecule has 90 valence electrons. The summed E-state index contributed by atoms with van der Waals surface area (Å²) in [5, 5.41) is 0. The predicted octanol–water partition coefficient (Wildman–Crippen LogP) is 4.50. The average molecular weight is 297 g/mol. The highest BCUT2D eigenvalue weighted by Crippen LogP contribution is 2.34. The van der Waals surface area contributed by atoms with Crippen molar-refractivity contribution in [2.75, 3.05) is 6.61 Å². The number of alkyl halides is 3. The molecule has 0 aliphatic rings. The molecular weight excluding hydrogens is 285 g/mol. The van der Waals surface area contributed by atoms with Gasteiger partial charge in [-0.1, -0.05) is 13.8 Å². The van der Waals surface area contributed by atoms with Crippen molar-refractivity contribution < 1.29 is 17.9 Å². The first-order valence-corrected chi connectivity index (χ1v) is 5.59. The highest BCUT2D eigenvalue weighted by Gasteiger charge is 2.30. The van der Waals surface area contributed by atoms with Crippen LogP contribution in [-0.4, -0.2) is 6.61 Å². The lowest BCUT2D eigenvalue weighted by Gasteiger charge is -2.12. The van der Waals surface area contributed by atoms with Crippen molar-refractivity contribution in [2.45, 2.75) is 20.0 Å². The van der Waals surface area contributed by atoms with Gasteiger partial charge in [-0.2, -0.15) is 13.2 Å². The average Bonchev–Trinajstić information content (AvgIpc) is 2.14. The molecule has 16 heavy (non-hydrogen) atoms. The van der Waals surface area contributed by atoms with Gasteiger partial charge in [0.15, 0.2) is 0 Å². The Bertz CT molecular complexity index is 361. The van der Waals surface area contributed by atoms with E-state index in [-0.39, 0.29) is 0 Å². The van der Waals surface area contributed by atoms with Crippen LogP contribution >= 0.6 is 15.9 Å². The van der Waals surface area contributed by atoms with Crippen molar-refractivity contribution in [3.05, 3.63) is 28.2 Å². The Kier molecular flexibility index (Phi) is 4.24. The summed E-state index contributed by atoms with van der Waals surface area (Å²) >= 11 is 3.06. The fraction of sp³-hybridized carbons (Fsp3) is 0.455. The van der Waals surface area contributed by atoms with Gasteiger partial charge in [-0.05, 0) is 40.0 Å². The minimum absolute atomic E-state index is 0.322. The molecule has 1 rings (SSSR count). The second kappa shape index (κ2) is 5.08. The fourth-order valence-electron chi connectivity index (χ4n) is 1.05. The molecule has 0 aliphatic heterocycles. The van der Waals surface area contributed by atoms with Gasteiger partial charge in [-0.15, -0.1) is 0 Å². The number of rotatable bonds is 3. The maximum atomic E-state index is 12.4. The molecule has 0 saturated heterocycles. The number of hydrogen-bond acceptors (Lipinski definition) is 1. The van der Waals surface area contributed by atoms with Crippen LogP contribution < -0.4 is 4.74 Å². The Balaban J connectivity index is 2.84. The van der Waals surface area contributed by atoms with Crippen molar-refractivity contribution in [2.24, 2.45) is 5.92 Å². The monoisotopic (exact) mass is 296 g/mol. The molecule has 0 amide bonds. The summed E-state index contributed by atoms with van der Waals surface area (Å²) in [4.78, 5) is 0. The quantitative estimate of drug-likeness (QED) is 0.798. The smallest absolute Gasteiger partial charge is 0.416 e. The standard InChI is InChI=1S/C11H12BrF3O/c1-7(2)6-16-10-4-3-8(5-9(10)12)11(13,14)15/h3-5,7H,6H2,1-2H3. The van der Waals surface area contributed by atoms with Crippen LogP contribution in [0.5, 0.6) is 5.75 Å². The van der Waals surface area contributed by atoms with Crippen molar-refractivity contribution >= 4 is 15.9 Å². The van der Waals surface area contributed by atoms with E-state index in [4.69, 9.17) is 4.74 Å². The highest BCUT2D eigenvalue weighted by molar-refractivity contribution is 9.10. The van der Waals surface area contributed by atoms with Gasteiger partial charge >= 0.3 is 6.18 Å². The van der Waals surface area contributed by atoms with Crippen LogP contribution in [-0.2, 0) is 6.18 Å². The first-order valence-electron chi connectivity index (χ1n) is 4.80. The van der Waals surface area contributed by atoms with E-state index >= 15 is 0 Å². The normalized spacial score (nSPS) is 11.9. The van der Waals surface area contributed by atoms with E-state index < -0.39 is 11.7 Å². The van der Waals surface area contributed by atoms with E-state index in [9.17, 15) is 13.2 Å². The molecule has 0 unspecified atom stereocenters. The van der Waals surface area contributed by atoms with Gasteiger partial charge in [0, 0.05) is 0 Å². The maximum absolute atomic E-state index is 12.4. The molecule has 5 heteroatoms. The van der Waals surface area contributed by atoms with Crippen LogP contribution in [0.25, 0.3) is 0 Å². The summed E-state index contributed by atoms with van der Waals surface area (Å²) < 4.78 is 42.7. The number of halogens is 4. The predicted molar refractivity (Wildman–Crippen MR) is 59.5 cm³/mol. The van der Waals surface area contributed by atoms with Crippen LogP contribution in [0.4, 0.5) is 13.2 Å². The molecule has 1 aromatic carbocycles. The topological polar surface area (TPSA) is 9.23 Å².